The molecule has 0 radical (unpaired) electrons. The van der Waals surface area contributed by atoms with Gasteiger partial charge in [-0.3, -0.25) is 0 Å². The Morgan fingerprint density at radius 3 is 1.50 bits per heavy atom. The second kappa shape index (κ2) is 32.8. The van der Waals surface area contributed by atoms with Crippen LogP contribution in [0.3, 0.4) is 0 Å². The Balaban J connectivity index is -0.000000000833. The van der Waals surface area contributed by atoms with Gasteiger partial charge in [-0.25, -0.2) is 0 Å². The molecule has 24 valence electrons. The average molecular weight is 91.0 g/mol. The van der Waals surface area contributed by atoms with E-state index in [1.165, 1.54) is 9.47 Å². The maximum absolute atomic E-state index is 6.92. The van der Waals surface area contributed by atoms with Gasteiger partial charge in [-0.05, 0) is 9.47 Å². The summed E-state index contributed by atoms with van der Waals surface area (Å²) in [6.07, 6.45) is 0. The third kappa shape index (κ3) is 11.4. The largest absolute Gasteiger partial charge is 2.00 e. The molecule has 0 aliphatic carbocycles. The second-order valence-electron chi connectivity index (χ2n) is 0. The molecule has 0 saturated heterocycles. The van der Waals surface area contributed by atoms with Crippen molar-refractivity contribution in [2.24, 2.45) is 0 Å². The van der Waals surface area contributed by atoms with E-state index < -0.39 is 0 Å². The zero-order valence-electron chi connectivity index (χ0n) is 3.73. The molecule has 1 unspecified atom stereocenters. The summed E-state index contributed by atoms with van der Waals surface area (Å²) in [6.45, 7) is 0. The van der Waals surface area contributed by atoms with E-state index >= 15 is 0 Å². The van der Waals surface area contributed by atoms with E-state index in [0.717, 1.165) is 0 Å². The normalized spacial score (nSPS) is 1.50. The molecule has 1 nitrogen and oxygen atoms in total. The molecule has 0 fully saturated rings. The zero-order chi connectivity index (χ0) is 2.00. The van der Waals surface area contributed by atoms with Crippen molar-refractivity contribution in [1.82, 2.24) is 0 Å². The van der Waals surface area contributed by atoms with E-state index in [1.54, 1.807) is 0 Å². The van der Waals surface area contributed by atoms with Gasteiger partial charge in [-0.1, -0.05) is 0 Å². The number of hydrogen-bond acceptors (Lipinski definition) is 1. The van der Waals surface area contributed by atoms with Crippen LogP contribution in [0.5, 0.6) is 0 Å². The smallest absolute Gasteiger partial charge is 1.00 e. The molecule has 0 aromatic carbocycles. The van der Waals surface area contributed by atoms with Crippen molar-refractivity contribution in [3.63, 3.8) is 0 Å². The van der Waals surface area contributed by atoms with Crippen molar-refractivity contribution in [1.29, 1.82) is 0 Å². The van der Waals surface area contributed by atoms with Gasteiger partial charge in [-0.15, -0.1) is 0 Å². The minimum absolute atomic E-state index is 0. The van der Waals surface area contributed by atoms with Gasteiger partial charge in [0, 0.05) is 0 Å². The summed E-state index contributed by atoms with van der Waals surface area (Å²) in [5.74, 6) is 0. The van der Waals surface area contributed by atoms with Crippen LogP contribution in [0, 0.1) is 0 Å². The van der Waals surface area contributed by atoms with Gasteiger partial charge in [0.15, 0.2) is 17.4 Å². The van der Waals surface area contributed by atoms with Crippen molar-refractivity contribution >= 4 is 36.9 Å². The van der Waals surface area contributed by atoms with Gasteiger partial charge in [0.25, 0.3) is 0 Å². The first-order chi connectivity index (χ1) is 1.00. The first kappa shape index (κ1) is 19.5. The Morgan fingerprint density at radius 2 is 1.50 bits per heavy atom. The number of rotatable bonds is 0. The van der Waals surface area contributed by atoms with E-state index in [4.69, 9.17) is 4.89 Å². The summed E-state index contributed by atoms with van der Waals surface area (Å²) in [4.78, 5) is 6.92. The predicted octanol–water partition coefficient (Wildman–Crippen LogP) is -1.57. The molecule has 4 heavy (non-hydrogen) atoms. The van der Waals surface area contributed by atoms with Crippen molar-refractivity contribution in [2.75, 3.05) is 0 Å². The first-order valence-corrected chi connectivity index (χ1v) is 0.775. The van der Waals surface area contributed by atoms with Gasteiger partial charge in [-0.2, -0.15) is 0 Å². The second-order valence-corrected chi connectivity index (χ2v) is 0. The number of hydrogen-bond donors (Lipinski definition) is 1. The van der Waals surface area contributed by atoms with Gasteiger partial charge in [0.05, 0.1) is 0 Å². The van der Waals surface area contributed by atoms with Crippen molar-refractivity contribution in [3.05, 3.63) is 0 Å². The topological polar surface area (TPSA) is 20.2 Å². The standard InChI is InChI=1S/Al.Be.H3OP.5H/c;;1-2;;;;;/h;;1H,2H2;;;;;/q;+2;;;;;2*-1. The zero-order valence-corrected chi connectivity index (χ0v) is 2.89. The third-order valence-corrected chi connectivity index (χ3v) is 0. The molecule has 1 N–H and O–H groups in total. The Kier molecular flexibility index (Phi) is 160. The molecule has 0 saturated carbocycles. The fourth-order valence-electron chi connectivity index (χ4n) is 0. The van der Waals surface area contributed by atoms with Crippen molar-refractivity contribution < 1.29 is 7.75 Å². The molecule has 0 aliphatic rings. The molecule has 0 aromatic rings. The Labute approximate surface area is 45.4 Å². The molecular weight excluding hydrogens is 83.0 g/mol. The Morgan fingerprint density at radius 1 is 1.50 bits per heavy atom. The van der Waals surface area contributed by atoms with Crippen molar-refractivity contribution in [3.8, 4) is 0 Å². The van der Waals surface area contributed by atoms with Crippen LogP contribution < -0.4 is 0 Å². The van der Waals surface area contributed by atoms with E-state index in [1.807, 2.05) is 0 Å². The molecule has 0 aromatic heterocycles. The van der Waals surface area contributed by atoms with E-state index in [9.17, 15) is 0 Å². The van der Waals surface area contributed by atoms with Crippen LogP contribution in [0.25, 0.3) is 0 Å². The summed E-state index contributed by atoms with van der Waals surface area (Å²) >= 11 is 0. The Hall–Kier alpha value is 1.09. The van der Waals surface area contributed by atoms with Crippen LogP contribution in [0.2, 0.25) is 0 Å². The molecule has 0 rings (SSSR count). The van der Waals surface area contributed by atoms with Crippen LogP contribution in [0.15, 0.2) is 0 Å². The van der Waals surface area contributed by atoms with Crippen LogP contribution >= 0.6 is 9.47 Å². The van der Waals surface area contributed by atoms with Gasteiger partial charge < -0.3 is 7.75 Å². The van der Waals surface area contributed by atoms with Crippen LogP contribution in [-0.2, 0) is 0 Å². The summed E-state index contributed by atoms with van der Waals surface area (Å²) in [5.41, 5.74) is 0. The summed E-state index contributed by atoms with van der Waals surface area (Å²) in [5, 5.41) is 0. The molecule has 0 spiro atoms. The fraction of sp³-hybridized carbons (Fsp3) is 0. The van der Waals surface area contributed by atoms with Crippen LogP contribution in [-0.4, -0.2) is 32.4 Å². The van der Waals surface area contributed by atoms with Crippen molar-refractivity contribution in [2.45, 2.75) is 0 Å². The molecule has 0 heterocycles. The minimum Gasteiger partial charge on any atom is -1.00 e. The monoisotopic (exact) mass is 91.0 g/mol. The van der Waals surface area contributed by atoms with Gasteiger partial charge in [0.1, 0.15) is 0 Å². The molecule has 0 amide bonds. The van der Waals surface area contributed by atoms with Crippen LogP contribution in [0.4, 0.5) is 0 Å². The predicted molar refractivity (Wildman–Crippen MR) is 29.8 cm³/mol. The van der Waals surface area contributed by atoms with Gasteiger partial charge in [0.2, 0.25) is 0 Å². The van der Waals surface area contributed by atoms with Crippen LogP contribution in [0.1, 0.15) is 2.85 Å². The minimum atomic E-state index is 0. The fourth-order valence-corrected chi connectivity index (χ4v) is 0. The van der Waals surface area contributed by atoms with E-state index in [2.05, 4.69) is 0 Å². The molecule has 1 atom stereocenters. The molecule has 4 heteroatoms. The summed E-state index contributed by atoms with van der Waals surface area (Å²) in [6, 6.07) is 0. The summed E-state index contributed by atoms with van der Waals surface area (Å²) in [7, 11) is 1.42. The maximum Gasteiger partial charge on any atom is 2.00 e. The summed E-state index contributed by atoms with van der Waals surface area (Å²) < 4.78 is 0. The quantitative estimate of drug-likeness (QED) is 0.282. The van der Waals surface area contributed by atoms with E-state index in [-0.39, 0.29) is 30.3 Å². The first-order valence-electron chi connectivity index (χ1n) is 0.258. The SMILES string of the molecule is OP.[AlH3].[Be+2].[H-].[H-]. The molecular formula is H8AlBeOP. The van der Waals surface area contributed by atoms with Gasteiger partial charge >= 0.3 is 10.1 Å². The third-order valence-electron chi connectivity index (χ3n) is 0. The molecule has 0 aliphatic heterocycles. The maximum atomic E-state index is 6.92. The Bertz CT molecular complexity index is 13.5. The van der Waals surface area contributed by atoms with E-state index in [0.29, 0.717) is 0 Å². The molecule has 0 bridgehead atoms. The average Bonchev–Trinajstić information content (AvgIpc) is 1.00.